The number of hydrogen-bond donors (Lipinski definition) is 4. The van der Waals surface area contributed by atoms with E-state index in [0.717, 1.165) is 47.2 Å². The Labute approximate surface area is 188 Å². The van der Waals surface area contributed by atoms with Crippen molar-refractivity contribution in [3.63, 3.8) is 0 Å². The summed E-state index contributed by atoms with van der Waals surface area (Å²) < 4.78 is 5.17. The second kappa shape index (κ2) is 12.2. The second-order valence-electron chi connectivity index (χ2n) is 7.33. The van der Waals surface area contributed by atoms with E-state index in [1.54, 1.807) is 18.5 Å². The van der Waals surface area contributed by atoms with E-state index in [4.69, 9.17) is 10.1 Å². The monoisotopic (exact) mass is 432 g/mol. The number of alkyl carbamates (subject to hydrolysis) is 1. The Balaban J connectivity index is 1.48. The first-order valence-corrected chi connectivity index (χ1v) is 10.6. The van der Waals surface area contributed by atoms with Crippen LogP contribution in [0.25, 0.3) is 0 Å². The minimum atomic E-state index is -0.856. The molecule has 0 radical (unpaired) electrons. The van der Waals surface area contributed by atoms with Crippen LogP contribution in [0.4, 0.5) is 10.5 Å². The molecule has 1 atom stereocenters. The van der Waals surface area contributed by atoms with Crippen LogP contribution in [0.3, 0.4) is 0 Å². The third kappa shape index (κ3) is 7.21. The summed E-state index contributed by atoms with van der Waals surface area (Å²) in [5.74, 6) is 0. The molecule has 1 amide bonds. The molecule has 166 valence electrons. The molecule has 1 unspecified atom stereocenters. The summed E-state index contributed by atoms with van der Waals surface area (Å²) >= 11 is 0. The third-order valence-corrected chi connectivity index (χ3v) is 4.93. The molecule has 0 bridgehead atoms. The molecule has 0 spiro atoms. The number of aliphatic hydroxyl groups excluding tert-OH is 1. The van der Waals surface area contributed by atoms with Crippen molar-refractivity contribution in [2.45, 2.75) is 38.6 Å². The van der Waals surface area contributed by atoms with Crippen LogP contribution >= 0.6 is 0 Å². The van der Waals surface area contributed by atoms with Crippen LogP contribution in [-0.4, -0.2) is 22.4 Å². The van der Waals surface area contributed by atoms with Crippen molar-refractivity contribution in [2.75, 3.05) is 5.32 Å². The normalized spacial score (nSPS) is 11.4. The zero-order valence-corrected chi connectivity index (χ0v) is 17.8. The van der Waals surface area contributed by atoms with Gasteiger partial charge in [0.1, 0.15) is 6.61 Å². The van der Waals surface area contributed by atoms with Gasteiger partial charge in [0.2, 0.25) is 0 Å². The number of carbonyl (C=O) groups excluding carboxylic acids is 1. The first-order valence-electron chi connectivity index (χ1n) is 10.6. The van der Waals surface area contributed by atoms with Gasteiger partial charge in [0.15, 0.2) is 6.23 Å². The Bertz CT molecular complexity index is 994. The van der Waals surface area contributed by atoms with Crippen LogP contribution in [0.5, 0.6) is 0 Å². The number of nitrogens with zero attached hydrogens (tertiary/aromatic N) is 1. The largest absolute Gasteiger partial charge is 0.445 e. The quantitative estimate of drug-likeness (QED) is 0.201. The van der Waals surface area contributed by atoms with Crippen molar-refractivity contribution in [1.29, 1.82) is 5.41 Å². The fourth-order valence-electron chi connectivity index (χ4n) is 3.18. The molecule has 0 aliphatic rings. The average molecular weight is 433 g/mol. The molecule has 7 heteroatoms. The summed E-state index contributed by atoms with van der Waals surface area (Å²) in [7, 11) is 0. The number of unbranched alkanes of at least 4 members (excludes halogenated alkanes) is 1. The minimum absolute atomic E-state index is 0.166. The molecular weight excluding hydrogens is 404 g/mol. The summed E-state index contributed by atoms with van der Waals surface area (Å²) in [4.78, 5) is 15.9. The Kier molecular flexibility index (Phi) is 8.77. The minimum Gasteiger partial charge on any atom is -0.445 e. The van der Waals surface area contributed by atoms with Gasteiger partial charge in [0, 0.05) is 35.8 Å². The summed E-state index contributed by atoms with van der Waals surface area (Å²) in [6, 6.07) is 18.9. The molecule has 1 heterocycles. The Morgan fingerprint density at radius 2 is 1.91 bits per heavy atom. The summed E-state index contributed by atoms with van der Waals surface area (Å²) in [6.45, 7) is 0.491. The molecule has 0 saturated carbocycles. The zero-order valence-electron chi connectivity index (χ0n) is 17.8. The molecular formula is C25H28N4O3. The average Bonchev–Trinajstić information content (AvgIpc) is 2.83. The molecule has 2 aromatic carbocycles. The molecule has 4 N–H and O–H groups in total. The molecule has 32 heavy (non-hydrogen) atoms. The molecule has 3 aromatic rings. The van der Waals surface area contributed by atoms with E-state index in [-0.39, 0.29) is 6.61 Å². The summed E-state index contributed by atoms with van der Waals surface area (Å²) in [6.07, 6.45) is 5.85. The predicted octanol–water partition coefficient (Wildman–Crippen LogP) is 4.58. The lowest BCUT2D eigenvalue weighted by molar-refractivity contribution is 0.139. The third-order valence-electron chi connectivity index (χ3n) is 4.93. The van der Waals surface area contributed by atoms with Gasteiger partial charge in [-0.15, -0.1) is 0 Å². The van der Waals surface area contributed by atoms with Crippen LogP contribution in [0.15, 0.2) is 73.1 Å². The maximum atomic E-state index is 11.9. The SMILES string of the molecule is N=CCCCc1ccccc1NC(O)c1ccc(CNC(=O)OCc2cccnc2)cc1. The number of pyridine rings is 1. The van der Waals surface area contributed by atoms with Crippen molar-refractivity contribution in [2.24, 2.45) is 0 Å². The number of nitrogens with one attached hydrogen (secondary N) is 3. The number of anilines is 1. The van der Waals surface area contributed by atoms with Crippen molar-refractivity contribution in [3.05, 3.63) is 95.3 Å². The van der Waals surface area contributed by atoms with Crippen molar-refractivity contribution < 1.29 is 14.6 Å². The van der Waals surface area contributed by atoms with Gasteiger partial charge < -0.3 is 25.9 Å². The van der Waals surface area contributed by atoms with Crippen LogP contribution in [0, 0.1) is 5.41 Å². The molecule has 0 saturated heterocycles. The highest BCUT2D eigenvalue weighted by Crippen LogP contribution is 2.23. The van der Waals surface area contributed by atoms with Gasteiger partial charge >= 0.3 is 6.09 Å². The molecule has 3 rings (SSSR count). The highest BCUT2D eigenvalue weighted by Gasteiger charge is 2.10. The first-order chi connectivity index (χ1) is 15.7. The van der Waals surface area contributed by atoms with Gasteiger partial charge in [-0.2, -0.15) is 0 Å². The fourth-order valence-corrected chi connectivity index (χ4v) is 3.18. The van der Waals surface area contributed by atoms with E-state index in [0.29, 0.717) is 6.54 Å². The summed E-state index contributed by atoms with van der Waals surface area (Å²) in [5.41, 5.74) is 4.43. The van der Waals surface area contributed by atoms with E-state index in [9.17, 15) is 9.90 Å². The van der Waals surface area contributed by atoms with E-state index in [1.165, 1.54) is 6.21 Å². The van der Waals surface area contributed by atoms with Crippen molar-refractivity contribution >= 4 is 18.0 Å². The Hall–Kier alpha value is -3.71. The maximum absolute atomic E-state index is 11.9. The van der Waals surface area contributed by atoms with Crippen LogP contribution in [-0.2, 0) is 24.3 Å². The van der Waals surface area contributed by atoms with Gasteiger partial charge in [0.25, 0.3) is 0 Å². The molecule has 7 nitrogen and oxygen atoms in total. The van der Waals surface area contributed by atoms with Gasteiger partial charge in [-0.3, -0.25) is 4.98 Å². The van der Waals surface area contributed by atoms with Crippen molar-refractivity contribution in [3.8, 4) is 0 Å². The van der Waals surface area contributed by atoms with Gasteiger partial charge in [-0.05, 0) is 48.7 Å². The van der Waals surface area contributed by atoms with E-state index >= 15 is 0 Å². The number of carbonyl (C=O) groups is 1. The first kappa shape index (κ1) is 23.0. The van der Waals surface area contributed by atoms with E-state index in [1.807, 2.05) is 54.6 Å². The van der Waals surface area contributed by atoms with Crippen molar-refractivity contribution in [1.82, 2.24) is 10.3 Å². The van der Waals surface area contributed by atoms with Gasteiger partial charge in [0.05, 0.1) is 0 Å². The number of para-hydroxylation sites is 1. The topological polar surface area (TPSA) is 107 Å². The lowest BCUT2D eigenvalue weighted by Crippen LogP contribution is -2.23. The van der Waals surface area contributed by atoms with E-state index in [2.05, 4.69) is 15.6 Å². The zero-order chi connectivity index (χ0) is 22.6. The second-order valence-corrected chi connectivity index (χ2v) is 7.33. The maximum Gasteiger partial charge on any atom is 0.407 e. The van der Waals surface area contributed by atoms with E-state index < -0.39 is 12.3 Å². The molecule has 0 fully saturated rings. The number of hydrogen-bond acceptors (Lipinski definition) is 6. The number of amides is 1. The predicted molar refractivity (Wildman–Crippen MR) is 124 cm³/mol. The number of benzene rings is 2. The van der Waals surface area contributed by atoms with Crippen LogP contribution in [0.1, 0.15) is 41.3 Å². The number of aliphatic hydroxyl groups is 1. The van der Waals surface area contributed by atoms with Crippen LogP contribution < -0.4 is 10.6 Å². The summed E-state index contributed by atoms with van der Waals surface area (Å²) in [5, 5.41) is 23.7. The number of ether oxygens (including phenoxy) is 1. The molecule has 0 aliphatic carbocycles. The van der Waals surface area contributed by atoms with Gasteiger partial charge in [-0.1, -0.05) is 48.5 Å². The lowest BCUT2D eigenvalue weighted by atomic mass is 10.1. The van der Waals surface area contributed by atoms with Crippen LogP contribution in [0.2, 0.25) is 0 Å². The smallest absolute Gasteiger partial charge is 0.407 e. The number of aryl methyl sites for hydroxylation is 1. The Morgan fingerprint density at radius 1 is 1.09 bits per heavy atom. The fraction of sp³-hybridized carbons (Fsp3) is 0.240. The Morgan fingerprint density at radius 3 is 2.66 bits per heavy atom. The number of rotatable bonds is 11. The highest BCUT2D eigenvalue weighted by molar-refractivity contribution is 5.67. The lowest BCUT2D eigenvalue weighted by Gasteiger charge is -2.18. The standard InChI is InChI=1S/C25H28N4O3/c26-14-4-3-8-21-7-1-2-9-23(21)29-24(30)22-12-10-19(11-13-22)17-28-25(31)32-18-20-6-5-15-27-16-20/h1-2,5-7,9-16,24,26,29-30H,3-4,8,17-18H2,(H,28,31). The van der Waals surface area contributed by atoms with Gasteiger partial charge in [-0.25, -0.2) is 4.79 Å². The highest BCUT2D eigenvalue weighted by atomic mass is 16.5. The molecule has 0 aliphatic heterocycles. The molecule has 1 aromatic heterocycles. The number of aromatic nitrogens is 1.